The number of hydrogen-bond donors (Lipinski definition) is 2. The molecular formula is C10H17N3O3S. The molecule has 1 aromatic carbocycles. The van der Waals surface area contributed by atoms with Gasteiger partial charge >= 0.3 is 0 Å². The van der Waals surface area contributed by atoms with Crippen molar-refractivity contribution in [3.05, 3.63) is 23.8 Å². The van der Waals surface area contributed by atoms with E-state index in [2.05, 4.69) is 4.83 Å². The largest absolute Gasteiger partial charge is 0.496 e. The zero-order chi connectivity index (χ0) is 13.1. The van der Waals surface area contributed by atoms with Crippen molar-refractivity contribution < 1.29 is 13.2 Å². The highest BCUT2D eigenvalue weighted by Crippen LogP contribution is 2.21. The molecule has 0 heterocycles. The molecule has 7 heteroatoms. The van der Waals surface area contributed by atoms with Crippen LogP contribution < -0.4 is 15.3 Å². The van der Waals surface area contributed by atoms with Crippen molar-refractivity contribution in [2.75, 3.05) is 21.2 Å². The minimum Gasteiger partial charge on any atom is -0.496 e. The number of methoxy groups -OCH3 is 1. The van der Waals surface area contributed by atoms with Crippen LogP contribution in [0.4, 0.5) is 0 Å². The standard InChI is InChI=1S/C10H17N3O3S/c1-13(2)12-17(14,15)9-4-5-10(16-3)8(6-9)7-11/h4-6,12H,7,11H2,1-3H3. The fourth-order valence-electron chi connectivity index (χ4n) is 1.37. The Balaban J connectivity index is 3.16. The summed E-state index contributed by atoms with van der Waals surface area (Å²) in [5.74, 6) is 0.580. The van der Waals surface area contributed by atoms with E-state index < -0.39 is 10.0 Å². The number of rotatable bonds is 5. The molecule has 96 valence electrons. The molecule has 1 aromatic rings. The fraction of sp³-hybridized carbons (Fsp3) is 0.400. The molecule has 0 radical (unpaired) electrons. The number of hydrazine groups is 1. The van der Waals surface area contributed by atoms with Gasteiger partial charge in [-0.3, -0.25) is 0 Å². The summed E-state index contributed by atoms with van der Waals surface area (Å²) < 4.78 is 28.8. The van der Waals surface area contributed by atoms with E-state index in [1.54, 1.807) is 20.2 Å². The molecule has 0 saturated carbocycles. The molecule has 1 rings (SSSR count). The molecule has 0 spiro atoms. The highest BCUT2D eigenvalue weighted by Gasteiger charge is 2.16. The number of benzene rings is 1. The lowest BCUT2D eigenvalue weighted by Crippen LogP contribution is -2.36. The highest BCUT2D eigenvalue weighted by molar-refractivity contribution is 7.89. The first kappa shape index (κ1) is 13.9. The summed E-state index contributed by atoms with van der Waals surface area (Å²) in [4.78, 5) is 2.51. The first-order chi connectivity index (χ1) is 7.90. The predicted molar refractivity (Wildman–Crippen MR) is 64.9 cm³/mol. The molecule has 0 amide bonds. The summed E-state index contributed by atoms with van der Waals surface area (Å²) in [5.41, 5.74) is 6.18. The summed E-state index contributed by atoms with van der Waals surface area (Å²) in [6.45, 7) is 0.217. The van der Waals surface area contributed by atoms with E-state index in [4.69, 9.17) is 10.5 Å². The number of hydrogen-bond acceptors (Lipinski definition) is 5. The maximum Gasteiger partial charge on any atom is 0.253 e. The van der Waals surface area contributed by atoms with Crippen molar-refractivity contribution in [1.82, 2.24) is 9.84 Å². The summed E-state index contributed by atoms with van der Waals surface area (Å²) in [7, 11) is 1.17. The van der Waals surface area contributed by atoms with Crippen molar-refractivity contribution in [3.8, 4) is 5.75 Å². The Hall–Kier alpha value is -1.15. The van der Waals surface area contributed by atoms with Gasteiger partial charge in [-0.2, -0.15) is 0 Å². The third-order valence-electron chi connectivity index (χ3n) is 2.08. The Morgan fingerprint density at radius 2 is 2.06 bits per heavy atom. The predicted octanol–water partition coefficient (Wildman–Crippen LogP) is -0.0912. The van der Waals surface area contributed by atoms with Gasteiger partial charge in [0.2, 0.25) is 0 Å². The molecule has 0 bridgehead atoms. The number of ether oxygens (including phenoxy) is 1. The van der Waals surface area contributed by atoms with Gasteiger partial charge in [0.05, 0.1) is 12.0 Å². The van der Waals surface area contributed by atoms with Gasteiger partial charge in [0.25, 0.3) is 10.0 Å². The van der Waals surface area contributed by atoms with Gasteiger partial charge in [-0.05, 0) is 18.2 Å². The van der Waals surface area contributed by atoms with E-state index in [9.17, 15) is 8.42 Å². The normalized spacial score (nSPS) is 11.8. The van der Waals surface area contributed by atoms with Crippen LogP contribution in [0.25, 0.3) is 0 Å². The first-order valence-corrected chi connectivity index (χ1v) is 6.45. The maximum absolute atomic E-state index is 11.9. The number of sulfonamides is 1. The molecule has 0 aliphatic heterocycles. The molecule has 0 fully saturated rings. The average Bonchev–Trinajstić information content (AvgIpc) is 2.26. The van der Waals surface area contributed by atoms with E-state index in [1.165, 1.54) is 24.3 Å². The van der Waals surface area contributed by atoms with E-state index in [-0.39, 0.29) is 11.4 Å². The molecule has 17 heavy (non-hydrogen) atoms. The number of nitrogens with two attached hydrogens (primary N) is 1. The van der Waals surface area contributed by atoms with Gasteiger partial charge in [0, 0.05) is 26.2 Å². The lowest BCUT2D eigenvalue weighted by molar-refractivity contribution is 0.364. The Morgan fingerprint density at radius 3 is 2.53 bits per heavy atom. The van der Waals surface area contributed by atoms with Crippen LogP contribution in [-0.4, -0.2) is 34.6 Å². The number of nitrogens with one attached hydrogen (secondary N) is 1. The van der Waals surface area contributed by atoms with Crippen LogP contribution in [-0.2, 0) is 16.6 Å². The monoisotopic (exact) mass is 259 g/mol. The van der Waals surface area contributed by atoms with Crippen LogP contribution in [0.3, 0.4) is 0 Å². The molecule has 0 unspecified atom stereocenters. The summed E-state index contributed by atoms with van der Waals surface area (Å²) in [5, 5.41) is 1.36. The van der Waals surface area contributed by atoms with Crippen LogP contribution in [0.5, 0.6) is 5.75 Å². The minimum atomic E-state index is -3.55. The first-order valence-electron chi connectivity index (χ1n) is 4.97. The second-order valence-corrected chi connectivity index (χ2v) is 5.33. The van der Waals surface area contributed by atoms with Crippen LogP contribution in [0.15, 0.2) is 23.1 Å². The lowest BCUT2D eigenvalue weighted by atomic mass is 10.2. The van der Waals surface area contributed by atoms with Crippen molar-refractivity contribution in [2.45, 2.75) is 11.4 Å². The Morgan fingerprint density at radius 1 is 1.41 bits per heavy atom. The molecule has 0 aromatic heterocycles. The van der Waals surface area contributed by atoms with Gasteiger partial charge in [-0.15, -0.1) is 4.83 Å². The van der Waals surface area contributed by atoms with Gasteiger partial charge in [-0.1, -0.05) is 0 Å². The SMILES string of the molecule is COc1ccc(S(=O)(=O)NN(C)C)cc1CN. The van der Waals surface area contributed by atoms with Crippen LogP contribution >= 0.6 is 0 Å². The third-order valence-corrected chi connectivity index (χ3v) is 3.56. The second kappa shape index (κ2) is 5.46. The average molecular weight is 259 g/mol. The second-order valence-electron chi connectivity index (χ2n) is 3.67. The Labute approximate surface area is 101 Å². The molecule has 6 nitrogen and oxygen atoms in total. The molecular weight excluding hydrogens is 242 g/mol. The zero-order valence-electron chi connectivity index (χ0n) is 10.1. The van der Waals surface area contributed by atoms with E-state index in [0.29, 0.717) is 11.3 Å². The van der Waals surface area contributed by atoms with Crippen LogP contribution in [0, 0.1) is 0 Å². The van der Waals surface area contributed by atoms with E-state index in [1.807, 2.05) is 0 Å². The van der Waals surface area contributed by atoms with E-state index in [0.717, 1.165) is 0 Å². The fourth-order valence-corrected chi connectivity index (χ4v) is 2.51. The van der Waals surface area contributed by atoms with Crippen molar-refractivity contribution in [3.63, 3.8) is 0 Å². The molecule has 3 N–H and O–H groups in total. The van der Waals surface area contributed by atoms with Gasteiger partial charge in [0.15, 0.2) is 0 Å². The smallest absolute Gasteiger partial charge is 0.253 e. The summed E-state index contributed by atoms with van der Waals surface area (Å²) in [6, 6.07) is 4.57. The summed E-state index contributed by atoms with van der Waals surface area (Å²) >= 11 is 0. The Bertz CT molecular complexity index is 486. The molecule has 0 aliphatic carbocycles. The van der Waals surface area contributed by atoms with Gasteiger partial charge in [-0.25, -0.2) is 13.4 Å². The summed E-state index contributed by atoms with van der Waals surface area (Å²) in [6.07, 6.45) is 0. The van der Waals surface area contributed by atoms with Crippen molar-refractivity contribution in [1.29, 1.82) is 0 Å². The molecule has 0 saturated heterocycles. The minimum absolute atomic E-state index is 0.160. The van der Waals surface area contributed by atoms with Gasteiger partial charge < -0.3 is 10.5 Å². The molecule has 0 atom stereocenters. The van der Waals surface area contributed by atoms with Gasteiger partial charge in [0.1, 0.15) is 5.75 Å². The van der Waals surface area contributed by atoms with E-state index >= 15 is 0 Å². The quantitative estimate of drug-likeness (QED) is 0.722. The Kier molecular flexibility index (Phi) is 4.47. The number of nitrogens with zero attached hydrogens (tertiary/aromatic N) is 1. The van der Waals surface area contributed by atoms with Crippen molar-refractivity contribution >= 4 is 10.0 Å². The maximum atomic E-state index is 11.9. The lowest BCUT2D eigenvalue weighted by Gasteiger charge is -2.14. The van der Waals surface area contributed by atoms with Crippen LogP contribution in [0.2, 0.25) is 0 Å². The highest BCUT2D eigenvalue weighted by atomic mass is 32.2. The van der Waals surface area contributed by atoms with Crippen LogP contribution in [0.1, 0.15) is 5.56 Å². The zero-order valence-corrected chi connectivity index (χ0v) is 10.9. The van der Waals surface area contributed by atoms with Crippen molar-refractivity contribution in [2.24, 2.45) is 5.73 Å². The topological polar surface area (TPSA) is 84.7 Å². The third kappa shape index (κ3) is 3.40. The molecule has 0 aliphatic rings.